The first kappa shape index (κ1) is 20.9. The maximum Gasteiger partial charge on any atom is 0.196 e. The molecule has 8 heteroatoms. The number of hydrogen-bond acceptors (Lipinski definition) is 5. The van der Waals surface area contributed by atoms with Crippen LogP contribution in [0.3, 0.4) is 0 Å². The highest BCUT2D eigenvalue weighted by Crippen LogP contribution is 2.31. The topological polar surface area (TPSA) is 60.7 Å². The van der Waals surface area contributed by atoms with Crippen molar-refractivity contribution in [3.8, 4) is 17.1 Å². The molecule has 0 radical (unpaired) electrons. The second-order valence-electron chi connectivity index (χ2n) is 6.96. The summed E-state index contributed by atoms with van der Waals surface area (Å²) in [7, 11) is 0. The number of pyridine rings is 1. The minimum Gasteiger partial charge on any atom is -0.293 e. The zero-order valence-electron chi connectivity index (χ0n) is 16.8. The van der Waals surface area contributed by atoms with Crippen molar-refractivity contribution in [2.45, 2.75) is 24.3 Å². The van der Waals surface area contributed by atoms with Crippen LogP contribution in [-0.4, -0.2) is 30.8 Å². The Hall–Kier alpha value is -3.39. The lowest BCUT2D eigenvalue weighted by atomic mass is 10.1. The van der Waals surface area contributed by atoms with E-state index in [2.05, 4.69) is 15.2 Å². The second-order valence-corrected chi connectivity index (χ2v) is 8.27. The van der Waals surface area contributed by atoms with Gasteiger partial charge in [0.1, 0.15) is 11.6 Å². The van der Waals surface area contributed by atoms with Crippen molar-refractivity contribution in [1.82, 2.24) is 19.7 Å². The molecule has 0 aliphatic carbocycles. The van der Waals surface area contributed by atoms with Gasteiger partial charge in [-0.1, -0.05) is 29.5 Å². The molecular formula is C23H18F2N4OS. The molecule has 31 heavy (non-hydrogen) atoms. The summed E-state index contributed by atoms with van der Waals surface area (Å²) in [5.74, 6) is -1.46. The minimum atomic E-state index is -0.880. The Morgan fingerprint density at radius 2 is 1.71 bits per heavy atom. The molecule has 156 valence electrons. The fraction of sp³-hybridized carbons (Fsp3) is 0.130. The molecule has 0 N–H and O–H groups in total. The van der Waals surface area contributed by atoms with Gasteiger partial charge in [-0.05, 0) is 50.2 Å². The summed E-state index contributed by atoms with van der Waals surface area (Å²) in [6.07, 6.45) is 3.33. The van der Waals surface area contributed by atoms with Gasteiger partial charge in [-0.3, -0.25) is 14.3 Å². The Kier molecular flexibility index (Phi) is 5.90. The highest BCUT2D eigenvalue weighted by molar-refractivity contribution is 8.00. The smallest absolute Gasteiger partial charge is 0.196 e. The van der Waals surface area contributed by atoms with Crippen molar-refractivity contribution in [2.24, 2.45) is 0 Å². The number of Topliss-reactive ketones (excluding diaryl/α,β-unsaturated/α-hetero) is 1. The molecule has 5 nitrogen and oxygen atoms in total. The van der Waals surface area contributed by atoms with Crippen LogP contribution in [-0.2, 0) is 0 Å². The average Bonchev–Trinajstić information content (AvgIpc) is 3.18. The maximum absolute atomic E-state index is 14.1. The molecule has 0 amide bonds. The van der Waals surface area contributed by atoms with Gasteiger partial charge in [-0.15, -0.1) is 10.2 Å². The largest absolute Gasteiger partial charge is 0.293 e. The fourth-order valence-electron chi connectivity index (χ4n) is 3.08. The summed E-state index contributed by atoms with van der Waals surface area (Å²) in [5, 5.41) is 8.44. The second kappa shape index (κ2) is 8.77. The molecule has 0 saturated heterocycles. The molecule has 4 aromatic rings. The predicted octanol–water partition coefficient (Wildman–Crippen LogP) is 5.28. The summed E-state index contributed by atoms with van der Waals surface area (Å²) in [6.45, 7) is 3.66. The van der Waals surface area contributed by atoms with E-state index in [-0.39, 0.29) is 5.56 Å². The minimum absolute atomic E-state index is 0.155. The molecule has 0 aliphatic rings. The molecule has 0 saturated carbocycles. The van der Waals surface area contributed by atoms with Crippen molar-refractivity contribution >= 4 is 17.5 Å². The predicted molar refractivity (Wildman–Crippen MR) is 115 cm³/mol. The van der Waals surface area contributed by atoms with Crippen molar-refractivity contribution in [3.63, 3.8) is 0 Å². The molecule has 4 rings (SSSR count). The molecule has 2 heterocycles. The van der Waals surface area contributed by atoms with Gasteiger partial charge in [-0.2, -0.15) is 0 Å². The van der Waals surface area contributed by atoms with Crippen LogP contribution in [0.5, 0.6) is 0 Å². The molecule has 2 aromatic heterocycles. The number of carbonyl (C=O) groups is 1. The Bertz CT molecular complexity index is 1230. The first-order valence-electron chi connectivity index (χ1n) is 9.53. The molecule has 0 spiro atoms. The normalized spacial score (nSPS) is 12.0. The van der Waals surface area contributed by atoms with E-state index in [0.29, 0.717) is 17.0 Å². The zero-order chi connectivity index (χ0) is 22.0. The molecule has 0 bridgehead atoms. The number of carbonyl (C=O) groups excluding carboxylic acids is 1. The van der Waals surface area contributed by atoms with Gasteiger partial charge in [0.05, 0.1) is 10.8 Å². The Balaban J connectivity index is 1.72. The van der Waals surface area contributed by atoms with E-state index in [1.165, 1.54) is 0 Å². The van der Waals surface area contributed by atoms with Gasteiger partial charge >= 0.3 is 0 Å². The quantitative estimate of drug-likeness (QED) is 0.304. The number of halogens is 2. The number of hydrogen-bond donors (Lipinski definition) is 0. The third kappa shape index (κ3) is 4.39. The van der Waals surface area contributed by atoms with Crippen molar-refractivity contribution in [1.29, 1.82) is 0 Å². The summed E-state index contributed by atoms with van der Waals surface area (Å²) in [5.41, 5.74) is 2.60. The number of aromatic nitrogens is 4. The zero-order valence-corrected chi connectivity index (χ0v) is 17.6. The van der Waals surface area contributed by atoms with Crippen LogP contribution in [0, 0.1) is 18.6 Å². The summed E-state index contributed by atoms with van der Waals surface area (Å²) >= 11 is 1.16. The van der Waals surface area contributed by atoms with Crippen LogP contribution in [0.15, 0.2) is 72.1 Å². The van der Waals surface area contributed by atoms with Gasteiger partial charge in [0.25, 0.3) is 0 Å². The van der Waals surface area contributed by atoms with Crippen molar-refractivity contribution < 1.29 is 13.6 Å². The van der Waals surface area contributed by atoms with E-state index in [1.807, 2.05) is 47.9 Å². The third-order valence-electron chi connectivity index (χ3n) is 4.71. The Labute approximate surface area is 182 Å². The van der Waals surface area contributed by atoms with E-state index < -0.39 is 22.7 Å². The van der Waals surface area contributed by atoms with E-state index in [0.717, 1.165) is 40.7 Å². The summed E-state index contributed by atoms with van der Waals surface area (Å²) in [6, 6.07) is 14.4. The molecule has 0 fully saturated rings. The standard InChI is InChI=1S/C23H18F2N4OS/c1-14-3-6-18(7-4-14)29-22(16-9-11-26-12-10-16)27-28-23(29)31-15(2)21(30)19-8-5-17(24)13-20(19)25/h3-13,15H,1-2H3. The van der Waals surface area contributed by atoms with Gasteiger partial charge < -0.3 is 0 Å². The number of rotatable bonds is 6. The van der Waals surface area contributed by atoms with Crippen LogP contribution in [0.1, 0.15) is 22.8 Å². The first-order chi connectivity index (χ1) is 14.9. The average molecular weight is 436 g/mol. The van der Waals surface area contributed by atoms with Gasteiger partial charge in [0.15, 0.2) is 16.8 Å². The van der Waals surface area contributed by atoms with E-state index >= 15 is 0 Å². The van der Waals surface area contributed by atoms with Crippen LogP contribution >= 0.6 is 11.8 Å². The van der Waals surface area contributed by atoms with E-state index in [1.54, 1.807) is 19.3 Å². The van der Waals surface area contributed by atoms with Crippen molar-refractivity contribution in [2.75, 3.05) is 0 Å². The number of benzene rings is 2. The molecule has 1 unspecified atom stereocenters. The van der Waals surface area contributed by atoms with Gasteiger partial charge in [0.2, 0.25) is 0 Å². The Morgan fingerprint density at radius 3 is 2.39 bits per heavy atom. The fourth-order valence-corrected chi connectivity index (χ4v) is 4.02. The first-order valence-corrected chi connectivity index (χ1v) is 10.4. The number of nitrogens with zero attached hydrogens (tertiary/aromatic N) is 4. The molecule has 2 aromatic carbocycles. The lowest BCUT2D eigenvalue weighted by Crippen LogP contribution is -2.16. The van der Waals surface area contributed by atoms with Crippen molar-refractivity contribution in [3.05, 3.63) is 89.8 Å². The number of ketones is 1. The molecular weight excluding hydrogens is 418 g/mol. The summed E-state index contributed by atoms with van der Waals surface area (Å²) in [4.78, 5) is 16.8. The lowest BCUT2D eigenvalue weighted by Gasteiger charge is -2.14. The van der Waals surface area contributed by atoms with Crippen LogP contribution in [0.2, 0.25) is 0 Å². The van der Waals surface area contributed by atoms with Crippen LogP contribution < -0.4 is 0 Å². The van der Waals surface area contributed by atoms with Crippen LogP contribution in [0.25, 0.3) is 17.1 Å². The lowest BCUT2D eigenvalue weighted by molar-refractivity contribution is 0.0990. The molecule has 0 aliphatic heterocycles. The van der Waals surface area contributed by atoms with Crippen LogP contribution in [0.4, 0.5) is 8.78 Å². The van der Waals surface area contributed by atoms with E-state index in [4.69, 9.17) is 0 Å². The number of aryl methyl sites for hydroxylation is 1. The number of thioether (sulfide) groups is 1. The Morgan fingerprint density at radius 1 is 1.00 bits per heavy atom. The highest BCUT2D eigenvalue weighted by Gasteiger charge is 2.24. The van der Waals surface area contributed by atoms with Gasteiger partial charge in [0, 0.05) is 29.7 Å². The molecule has 1 atom stereocenters. The maximum atomic E-state index is 14.1. The SMILES string of the molecule is Cc1ccc(-n2c(SC(C)C(=O)c3ccc(F)cc3F)nnc2-c2ccncc2)cc1. The third-order valence-corrected chi connectivity index (χ3v) is 5.75. The van der Waals surface area contributed by atoms with E-state index in [9.17, 15) is 13.6 Å². The monoisotopic (exact) mass is 436 g/mol. The van der Waals surface area contributed by atoms with Gasteiger partial charge in [-0.25, -0.2) is 8.78 Å². The summed E-state index contributed by atoms with van der Waals surface area (Å²) < 4.78 is 29.2. The highest BCUT2D eigenvalue weighted by atomic mass is 32.2.